The monoisotopic (exact) mass is 396 g/mol. The van der Waals surface area contributed by atoms with Gasteiger partial charge in [0.2, 0.25) is 0 Å². The van der Waals surface area contributed by atoms with Crippen molar-refractivity contribution in [1.82, 2.24) is 9.99 Å². The van der Waals surface area contributed by atoms with Crippen molar-refractivity contribution < 1.29 is 22.7 Å². The molecule has 6 nitrogen and oxygen atoms in total. The molecule has 1 aromatic carbocycles. The smallest absolute Gasteiger partial charge is 0.383 e. The van der Waals surface area contributed by atoms with Crippen LogP contribution in [0.5, 0.6) is 0 Å². The van der Waals surface area contributed by atoms with Crippen LogP contribution in [0.4, 0.5) is 18.9 Å². The van der Waals surface area contributed by atoms with Gasteiger partial charge in [-0.15, -0.1) is 0 Å². The standard InChI is InChI=1S/C19H23F3N4O2/c1-13-9-15(14(2)26(13)7-8-28-3)11-24-25-18(27)12-23-17-6-4-5-16(10-17)19(20,21)22/h4-6,9-11,23H,7-8,12H2,1-3H3,(H,25,27). The number of methoxy groups -OCH3 is 1. The number of nitrogens with one attached hydrogen (secondary N) is 2. The summed E-state index contributed by atoms with van der Waals surface area (Å²) < 4.78 is 45.2. The van der Waals surface area contributed by atoms with Crippen LogP contribution in [0, 0.1) is 13.8 Å². The number of nitrogens with zero attached hydrogens (tertiary/aromatic N) is 2. The second-order valence-electron chi connectivity index (χ2n) is 6.20. The fraction of sp³-hybridized carbons (Fsp3) is 0.368. The first-order chi connectivity index (χ1) is 13.2. The second kappa shape index (κ2) is 9.41. The van der Waals surface area contributed by atoms with Crippen molar-refractivity contribution in [1.29, 1.82) is 0 Å². The Kier molecular flexibility index (Phi) is 7.22. The van der Waals surface area contributed by atoms with Crippen molar-refractivity contribution in [2.24, 2.45) is 5.10 Å². The number of carbonyl (C=O) groups is 1. The van der Waals surface area contributed by atoms with Gasteiger partial charge in [-0.25, -0.2) is 5.43 Å². The van der Waals surface area contributed by atoms with Gasteiger partial charge in [-0.1, -0.05) is 6.07 Å². The van der Waals surface area contributed by atoms with Crippen molar-refractivity contribution in [3.8, 4) is 0 Å². The molecule has 1 amide bonds. The van der Waals surface area contributed by atoms with Gasteiger partial charge in [0, 0.05) is 36.3 Å². The molecule has 0 unspecified atom stereocenters. The van der Waals surface area contributed by atoms with Crippen LogP contribution < -0.4 is 10.7 Å². The molecule has 1 heterocycles. The van der Waals surface area contributed by atoms with E-state index in [0.29, 0.717) is 6.61 Å². The number of ether oxygens (including phenoxy) is 1. The van der Waals surface area contributed by atoms with Crippen molar-refractivity contribution in [3.63, 3.8) is 0 Å². The predicted molar refractivity (Wildman–Crippen MR) is 101 cm³/mol. The molecule has 0 radical (unpaired) electrons. The predicted octanol–water partition coefficient (Wildman–Crippen LogP) is 3.33. The van der Waals surface area contributed by atoms with E-state index in [1.165, 1.54) is 18.3 Å². The van der Waals surface area contributed by atoms with E-state index in [2.05, 4.69) is 20.4 Å². The first kappa shape index (κ1) is 21.5. The van der Waals surface area contributed by atoms with E-state index < -0.39 is 17.6 Å². The van der Waals surface area contributed by atoms with E-state index >= 15 is 0 Å². The van der Waals surface area contributed by atoms with Gasteiger partial charge >= 0.3 is 6.18 Å². The van der Waals surface area contributed by atoms with Crippen molar-refractivity contribution in [3.05, 3.63) is 52.8 Å². The summed E-state index contributed by atoms with van der Waals surface area (Å²) in [5, 5.41) is 6.57. The fourth-order valence-corrected chi connectivity index (χ4v) is 2.69. The highest BCUT2D eigenvalue weighted by Crippen LogP contribution is 2.30. The Morgan fingerprint density at radius 1 is 1.29 bits per heavy atom. The third kappa shape index (κ3) is 5.85. The number of aromatic nitrogens is 1. The van der Waals surface area contributed by atoms with Crippen molar-refractivity contribution in [2.45, 2.75) is 26.6 Å². The van der Waals surface area contributed by atoms with Gasteiger partial charge in [-0.05, 0) is 38.1 Å². The van der Waals surface area contributed by atoms with Crippen LogP contribution in [0.1, 0.15) is 22.5 Å². The van der Waals surface area contributed by atoms with Crippen molar-refractivity contribution in [2.75, 3.05) is 25.6 Å². The molecule has 0 spiro atoms. The van der Waals surface area contributed by atoms with Crippen molar-refractivity contribution >= 4 is 17.8 Å². The lowest BCUT2D eigenvalue weighted by atomic mass is 10.2. The fourth-order valence-electron chi connectivity index (χ4n) is 2.69. The van der Waals surface area contributed by atoms with Crippen LogP contribution >= 0.6 is 0 Å². The molecule has 0 bridgehead atoms. The number of hydrogen-bond acceptors (Lipinski definition) is 4. The second-order valence-corrected chi connectivity index (χ2v) is 6.20. The molecule has 0 saturated carbocycles. The summed E-state index contributed by atoms with van der Waals surface area (Å²) in [6, 6.07) is 6.60. The molecule has 9 heteroatoms. The first-order valence-electron chi connectivity index (χ1n) is 8.61. The highest BCUT2D eigenvalue weighted by Gasteiger charge is 2.30. The maximum Gasteiger partial charge on any atom is 0.416 e. The third-order valence-corrected chi connectivity index (χ3v) is 4.17. The molecule has 152 valence electrons. The summed E-state index contributed by atoms with van der Waals surface area (Å²) in [5.74, 6) is -0.471. The summed E-state index contributed by atoms with van der Waals surface area (Å²) in [4.78, 5) is 11.9. The molecule has 0 saturated heterocycles. The van der Waals surface area contributed by atoms with Gasteiger partial charge < -0.3 is 14.6 Å². The first-order valence-corrected chi connectivity index (χ1v) is 8.61. The molecule has 2 rings (SSSR count). The molecule has 2 aromatic rings. The Morgan fingerprint density at radius 2 is 2.04 bits per heavy atom. The number of benzene rings is 1. The summed E-state index contributed by atoms with van der Waals surface area (Å²) in [6.07, 6.45) is -2.90. The van der Waals surface area contributed by atoms with Gasteiger partial charge in [0.15, 0.2) is 0 Å². The van der Waals surface area contributed by atoms with E-state index in [4.69, 9.17) is 4.74 Å². The van der Waals surface area contributed by atoms with Gasteiger partial charge in [-0.2, -0.15) is 18.3 Å². The SMILES string of the molecule is COCCn1c(C)cc(C=NNC(=O)CNc2cccc(C(F)(F)F)c2)c1C. The number of hydrazone groups is 1. The number of alkyl halides is 3. The zero-order chi connectivity index (χ0) is 20.7. The minimum absolute atomic E-state index is 0.203. The van der Waals surface area contributed by atoms with Crippen LogP contribution in [0.3, 0.4) is 0 Å². The van der Waals surface area contributed by atoms with Gasteiger partial charge in [-0.3, -0.25) is 4.79 Å². The molecule has 1 aromatic heterocycles. The number of aryl methyl sites for hydroxylation is 1. The number of hydrogen-bond donors (Lipinski definition) is 2. The molecular formula is C19H23F3N4O2. The van der Waals surface area contributed by atoms with Crippen LogP contribution in [-0.4, -0.2) is 37.0 Å². The van der Waals surface area contributed by atoms with Gasteiger partial charge in [0.25, 0.3) is 5.91 Å². The molecule has 0 atom stereocenters. The lowest BCUT2D eigenvalue weighted by molar-refractivity contribution is -0.137. The molecule has 28 heavy (non-hydrogen) atoms. The molecule has 0 aliphatic rings. The highest BCUT2D eigenvalue weighted by molar-refractivity contribution is 5.85. The Bertz CT molecular complexity index is 844. The summed E-state index contributed by atoms with van der Waals surface area (Å²) in [7, 11) is 1.64. The number of rotatable bonds is 8. The summed E-state index contributed by atoms with van der Waals surface area (Å²) in [5.41, 5.74) is 4.69. The Hall–Kier alpha value is -2.81. The molecule has 0 aliphatic heterocycles. The maximum atomic E-state index is 12.7. The Balaban J connectivity index is 1.89. The summed E-state index contributed by atoms with van der Waals surface area (Å²) >= 11 is 0. The lowest BCUT2D eigenvalue weighted by Crippen LogP contribution is -2.26. The van der Waals surface area contributed by atoms with E-state index in [9.17, 15) is 18.0 Å². The number of amides is 1. The quantitative estimate of drug-likeness (QED) is 0.531. The topological polar surface area (TPSA) is 67.6 Å². The van der Waals surface area contributed by atoms with E-state index in [1.807, 2.05) is 19.9 Å². The van der Waals surface area contributed by atoms with Gasteiger partial charge in [0.05, 0.1) is 24.9 Å². The molecule has 0 aliphatic carbocycles. The average Bonchev–Trinajstić information content (AvgIpc) is 2.91. The van der Waals surface area contributed by atoms with Gasteiger partial charge in [0.1, 0.15) is 0 Å². The normalized spacial score (nSPS) is 11.8. The maximum absolute atomic E-state index is 12.7. The minimum Gasteiger partial charge on any atom is -0.383 e. The number of carbonyl (C=O) groups excluding carboxylic acids is 1. The molecular weight excluding hydrogens is 373 g/mol. The van der Waals surface area contributed by atoms with E-state index in [1.54, 1.807) is 7.11 Å². The molecule has 2 N–H and O–H groups in total. The average molecular weight is 396 g/mol. The minimum atomic E-state index is -4.43. The van der Waals surface area contributed by atoms with Crippen LogP contribution in [0.25, 0.3) is 0 Å². The van der Waals surface area contributed by atoms with E-state index in [0.717, 1.165) is 35.6 Å². The zero-order valence-electron chi connectivity index (χ0n) is 15.9. The highest BCUT2D eigenvalue weighted by atomic mass is 19.4. The molecule has 0 fully saturated rings. The third-order valence-electron chi connectivity index (χ3n) is 4.17. The Morgan fingerprint density at radius 3 is 2.71 bits per heavy atom. The van der Waals surface area contributed by atoms with E-state index in [-0.39, 0.29) is 12.2 Å². The van der Waals surface area contributed by atoms with Crippen LogP contribution in [0.15, 0.2) is 35.4 Å². The zero-order valence-corrected chi connectivity index (χ0v) is 15.9. The van der Waals surface area contributed by atoms with Crippen LogP contribution in [-0.2, 0) is 22.3 Å². The number of halogens is 3. The number of anilines is 1. The van der Waals surface area contributed by atoms with Crippen LogP contribution in [0.2, 0.25) is 0 Å². The largest absolute Gasteiger partial charge is 0.416 e. The lowest BCUT2D eigenvalue weighted by Gasteiger charge is -2.10. The Labute approximate surface area is 161 Å². The summed E-state index contributed by atoms with van der Waals surface area (Å²) in [6.45, 7) is 5.02.